The molecule has 0 bridgehead atoms. The van der Waals surface area contributed by atoms with E-state index in [-0.39, 0.29) is 24.8 Å². The van der Waals surface area contributed by atoms with Gasteiger partial charge < -0.3 is 0 Å². The summed E-state index contributed by atoms with van der Waals surface area (Å²) in [6.45, 7) is 5.25. The third-order valence-electron chi connectivity index (χ3n) is 4.34. The first-order valence-corrected chi connectivity index (χ1v) is 8.49. The zero-order chi connectivity index (χ0) is 15.2. The normalized spacial score (nSPS) is 18.5. The third kappa shape index (κ3) is 5.94. The smallest absolute Gasteiger partial charge is 0.0392 e. The van der Waals surface area contributed by atoms with Crippen LogP contribution in [-0.4, -0.2) is 41.4 Å². The first-order chi connectivity index (χ1) is 10.8. The lowest BCUT2D eigenvalue weighted by atomic mass is 10.1. The van der Waals surface area contributed by atoms with Crippen LogP contribution in [0.5, 0.6) is 0 Å². The highest BCUT2D eigenvalue weighted by molar-refractivity contribution is 6.18. The van der Waals surface area contributed by atoms with Crippen LogP contribution in [0.15, 0.2) is 60.7 Å². The summed E-state index contributed by atoms with van der Waals surface area (Å²) in [6.07, 6.45) is 0. The molecule has 1 fully saturated rings. The summed E-state index contributed by atoms with van der Waals surface area (Å²) in [5.74, 6) is 0.693. The van der Waals surface area contributed by atoms with E-state index in [1.54, 1.807) is 0 Å². The first-order valence-electron chi connectivity index (χ1n) is 7.95. The van der Waals surface area contributed by atoms with Crippen molar-refractivity contribution in [2.75, 3.05) is 25.5 Å². The van der Waals surface area contributed by atoms with Gasteiger partial charge in [-0.25, -0.2) is 0 Å². The van der Waals surface area contributed by atoms with Gasteiger partial charge in [0.2, 0.25) is 0 Å². The topological polar surface area (TPSA) is 6.48 Å². The van der Waals surface area contributed by atoms with Crippen molar-refractivity contribution in [3.63, 3.8) is 0 Å². The molecule has 132 valence electrons. The highest BCUT2D eigenvalue weighted by atomic mass is 35.5. The molecule has 1 heterocycles. The molecule has 0 saturated carbocycles. The van der Waals surface area contributed by atoms with E-state index in [2.05, 4.69) is 70.5 Å². The maximum Gasteiger partial charge on any atom is 0.0392 e. The predicted octanol–water partition coefficient (Wildman–Crippen LogP) is 4.46. The Labute approximate surface area is 162 Å². The van der Waals surface area contributed by atoms with Gasteiger partial charge >= 0.3 is 0 Å². The summed E-state index contributed by atoms with van der Waals surface area (Å²) >= 11 is 6.24. The van der Waals surface area contributed by atoms with Gasteiger partial charge in [0.1, 0.15) is 0 Å². The Hall–Kier alpha value is -0.770. The van der Waals surface area contributed by atoms with Gasteiger partial charge in [0.25, 0.3) is 0 Å². The fourth-order valence-corrected chi connectivity index (χ4v) is 3.41. The molecule has 3 rings (SSSR count). The Kier molecular flexibility index (Phi) is 9.72. The number of benzene rings is 2. The minimum absolute atomic E-state index is 0. The van der Waals surface area contributed by atoms with Crippen molar-refractivity contribution in [2.45, 2.75) is 19.1 Å². The fraction of sp³-hybridized carbons (Fsp3) is 0.368. The average molecular weight is 388 g/mol. The van der Waals surface area contributed by atoms with Gasteiger partial charge in [-0.15, -0.1) is 36.4 Å². The van der Waals surface area contributed by atoms with Crippen LogP contribution in [0.4, 0.5) is 0 Å². The van der Waals surface area contributed by atoms with Crippen LogP contribution in [0.2, 0.25) is 0 Å². The zero-order valence-corrected chi connectivity index (χ0v) is 16.1. The van der Waals surface area contributed by atoms with Crippen molar-refractivity contribution in [2.24, 2.45) is 0 Å². The molecular formula is C19H25Cl3N2. The zero-order valence-electron chi connectivity index (χ0n) is 13.7. The molecule has 0 radical (unpaired) electrons. The van der Waals surface area contributed by atoms with Crippen molar-refractivity contribution in [1.29, 1.82) is 0 Å². The van der Waals surface area contributed by atoms with Gasteiger partial charge in [0.15, 0.2) is 0 Å². The van der Waals surface area contributed by atoms with Crippen molar-refractivity contribution in [3.8, 4) is 0 Å². The molecule has 0 amide bonds. The molecule has 0 spiro atoms. The molecule has 2 aromatic rings. The second kappa shape index (κ2) is 11.0. The number of rotatable bonds is 5. The van der Waals surface area contributed by atoms with Crippen LogP contribution >= 0.6 is 36.4 Å². The number of piperazine rings is 1. The summed E-state index contributed by atoms with van der Waals surface area (Å²) in [5.41, 5.74) is 2.75. The van der Waals surface area contributed by atoms with E-state index in [1.807, 2.05) is 0 Å². The molecule has 0 aromatic heterocycles. The van der Waals surface area contributed by atoms with Crippen LogP contribution in [0, 0.1) is 0 Å². The SMILES string of the molecule is Cl.Cl.ClC[C@H]1CN(Cc2ccccc2)CCN1Cc1ccccc1. The maximum atomic E-state index is 6.24. The molecule has 2 nitrogen and oxygen atoms in total. The average Bonchev–Trinajstić information content (AvgIpc) is 2.58. The number of halogens is 3. The van der Waals surface area contributed by atoms with Gasteiger partial charge in [0, 0.05) is 44.6 Å². The van der Waals surface area contributed by atoms with E-state index in [4.69, 9.17) is 11.6 Å². The first kappa shape index (κ1) is 21.3. The Balaban J connectivity index is 0.00000144. The van der Waals surface area contributed by atoms with Crippen LogP contribution in [-0.2, 0) is 13.1 Å². The van der Waals surface area contributed by atoms with E-state index in [0.717, 1.165) is 32.7 Å². The highest BCUT2D eigenvalue weighted by Gasteiger charge is 2.26. The molecule has 2 aromatic carbocycles. The minimum atomic E-state index is 0. The lowest BCUT2D eigenvalue weighted by Gasteiger charge is -2.40. The quantitative estimate of drug-likeness (QED) is 0.699. The highest BCUT2D eigenvalue weighted by Crippen LogP contribution is 2.17. The molecule has 0 N–H and O–H groups in total. The third-order valence-corrected chi connectivity index (χ3v) is 4.70. The van der Waals surface area contributed by atoms with Gasteiger partial charge in [-0.1, -0.05) is 60.7 Å². The lowest BCUT2D eigenvalue weighted by molar-refractivity contribution is 0.0749. The summed E-state index contributed by atoms with van der Waals surface area (Å²) in [5, 5.41) is 0. The molecule has 1 aliphatic heterocycles. The summed E-state index contributed by atoms with van der Waals surface area (Å²) in [7, 11) is 0. The van der Waals surface area contributed by atoms with Gasteiger partial charge in [-0.2, -0.15) is 0 Å². The van der Waals surface area contributed by atoms with E-state index < -0.39 is 0 Å². The molecule has 0 unspecified atom stereocenters. The Morgan fingerprint density at radius 1 is 0.792 bits per heavy atom. The molecule has 5 heteroatoms. The summed E-state index contributed by atoms with van der Waals surface area (Å²) in [6, 6.07) is 21.8. The van der Waals surface area contributed by atoms with Gasteiger partial charge in [-0.3, -0.25) is 9.80 Å². The molecule has 1 saturated heterocycles. The van der Waals surface area contributed by atoms with Crippen LogP contribution in [0.25, 0.3) is 0 Å². The summed E-state index contributed by atoms with van der Waals surface area (Å²) in [4.78, 5) is 5.04. The maximum absolute atomic E-state index is 6.24. The molecule has 1 atom stereocenters. The van der Waals surface area contributed by atoms with Gasteiger partial charge in [0.05, 0.1) is 0 Å². The Bertz CT molecular complexity index is 565. The number of alkyl halides is 1. The van der Waals surface area contributed by atoms with Crippen LogP contribution in [0.1, 0.15) is 11.1 Å². The minimum Gasteiger partial charge on any atom is -0.296 e. The van der Waals surface area contributed by atoms with E-state index in [9.17, 15) is 0 Å². The number of hydrogen-bond donors (Lipinski definition) is 0. The van der Waals surface area contributed by atoms with Crippen LogP contribution < -0.4 is 0 Å². The second-order valence-electron chi connectivity index (χ2n) is 5.98. The molecule has 24 heavy (non-hydrogen) atoms. The monoisotopic (exact) mass is 386 g/mol. The molecule has 0 aliphatic carbocycles. The van der Waals surface area contributed by atoms with Crippen molar-refractivity contribution < 1.29 is 0 Å². The van der Waals surface area contributed by atoms with Crippen LogP contribution in [0.3, 0.4) is 0 Å². The van der Waals surface area contributed by atoms with E-state index in [0.29, 0.717) is 11.9 Å². The fourth-order valence-electron chi connectivity index (χ4n) is 3.11. The number of nitrogens with zero attached hydrogens (tertiary/aromatic N) is 2. The number of hydrogen-bond acceptors (Lipinski definition) is 2. The van der Waals surface area contributed by atoms with Crippen molar-refractivity contribution in [3.05, 3.63) is 71.8 Å². The van der Waals surface area contributed by atoms with E-state index in [1.165, 1.54) is 11.1 Å². The Morgan fingerprint density at radius 2 is 1.33 bits per heavy atom. The molecular weight excluding hydrogens is 363 g/mol. The van der Waals surface area contributed by atoms with Crippen molar-refractivity contribution >= 4 is 36.4 Å². The Morgan fingerprint density at radius 3 is 1.88 bits per heavy atom. The lowest BCUT2D eigenvalue weighted by Crippen LogP contribution is -2.53. The van der Waals surface area contributed by atoms with E-state index >= 15 is 0 Å². The standard InChI is InChI=1S/C19H23ClN2.2ClH/c20-13-19-16-21(14-17-7-3-1-4-8-17)11-12-22(19)15-18-9-5-2-6-10-18;;/h1-10,19H,11-16H2;2*1H/t19-;;/m0../s1. The largest absolute Gasteiger partial charge is 0.296 e. The second-order valence-corrected chi connectivity index (χ2v) is 6.29. The summed E-state index contributed by atoms with van der Waals surface area (Å²) < 4.78 is 0. The molecule has 1 aliphatic rings. The predicted molar refractivity (Wildman–Crippen MR) is 108 cm³/mol. The van der Waals surface area contributed by atoms with Crippen molar-refractivity contribution in [1.82, 2.24) is 9.80 Å². The van der Waals surface area contributed by atoms with Gasteiger partial charge in [-0.05, 0) is 11.1 Å².